The molecule has 1 aromatic carbocycles. The molecule has 148 valence electrons. The number of likely N-dealkylation sites (tertiary alicyclic amines) is 1. The molecule has 0 aliphatic carbocycles. The molecule has 8 heteroatoms. The molecule has 4 aromatic rings. The average Bonchev–Trinajstić information content (AvgIpc) is 3.51. The molecule has 1 atom stereocenters. The lowest BCUT2D eigenvalue weighted by molar-refractivity contribution is -0.130. The molecule has 4 heterocycles. The highest BCUT2D eigenvalue weighted by Crippen LogP contribution is 2.28. The fourth-order valence-electron chi connectivity index (χ4n) is 3.95. The number of hydrogen-bond acceptors (Lipinski definition) is 5. The molecular formula is C21H22N6O2. The van der Waals surface area contributed by atoms with Gasteiger partial charge in [0.2, 0.25) is 17.6 Å². The Balaban J connectivity index is 1.21. The molecule has 1 unspecified atom stereocenters. The number of amides is 1. The molecule has 1 aliphatic rings. The number of aryl methyl sites for hydroxylation is 2. The highest BCUT2D eigenvalue weighted by Gasteiger charge is 2.31. The topological polar surface area (TPSA) is 82.0 Å². The maximum atomic E-state index is 12.7. The summed E-state index contributed by atoms with van der Waals surface area (Å²) in [6.07, 6.45) is 5.04. The van der Waals surface area contributed by atoms with E-state index in [0.29, 0.717) is 31.2 Å². The van der Waals surface area contributed by atoms with Gasteiger partial charge in [-0.05, 0) is 30.7 Å². The van der Waals surface area contributed by atoms with E-state index >= 15 is 0 Å². The van der Waals surface area contributed by atoms with Gasteiger partial charge in [-0.3, -0.25) is 4.79 Å². The van der Waals surface area contributed by atoms with Crippen molar-refractivity contribution in [3.8, 4) is 11.5 Å². The summed E-state index contributed by atoms with van der Waals surface area (Å²) < 4.78 is 9.49. The van der Waals surface area contributed by atoms with Crippen LogP contribution in [0.2, 0.25) is 0 Å². The maximum Gasteiger partial charge on any atom is 0.231 e. The molecule has 1 fully saturated rings. The van der Waals surface area contributed by atoms with E-state index in [4.69, 9.17) is 4.52 Å². The number of aromatic nitrogens is 5. The number of para-hydroxylation sites is 2. The smallest absolute Gasteiger partial charge is 0.231 e. The summed E-state index contributed by atoms with van der Waals surface area (Å²) in [7, 11) is 1.95. The summed E-state index contributed by atoms with van der Waals surface area (Å²) in [5.74, 6) is 1.43. The van der Waals surface area contributed by atoms with Gasteiger partial charge in [0.05, 0.1) is 29.0 Å². The van der Waals surface area contributed by atoms with Gasteiger partial charge in [0.15, 0.2) is 0 Å². The first-order valence-corrected chi connectivity index (χ1v) is 9.82. The van der Waals surface area contributed by atoms with E-state index in [1.54, 1.807) is 6.33 Å². The van der Waals surface area contributed by atoms with Gasteiger partial charge in [-0.1, -0.05) is 17.3 Å². The largest absolute Gasteiger partial charge is 0.348 e. The van der Waals surface area contributed by atoms with Gasteiger partial charge in [-0.2, -0.15) is 4.98 Å². The van der Waals surface area contributed by atoms with E-state index in [2.05, 4.69) is 15.1 Å². The molecule has 0 N–H and O–H groups in total. The van der Waals surface area contributed by atoms with Crippen LogP contribution < -0.4 is 0 Å². The van der Waals surface area contributed by atoms with Gasteiger partial charge in [0.25, 0.3) is 0 Å². The van der Waals surface area contributed by atoms with Crippen molar-refractivity contribution in [2.24, 2.45) is 7.05 Å². The molecule has 1 amide bonds. The zero-order valence-corrected chi connectivity index (χ0v) is 16.2. The summed E-state index contributed by atoms with van der Waals surface area (Å²) in [6.45, 7) is 1.97. The first-order valence-electron chi connectivity index (χ1n) is 9.82. The first kappa shape index (κ1) is 17.7. The van der Waals surface area contributed by atoms with Gasteiger partial charge in [0.1, 0.15) is 0 Å². The zero-order chi connectivity index (χ0) is 19.8. The number of rotatable bonds is 5. The summed E-state index contributed by atoms with van der Waals surface area (Å²) in [6, 6.07) is 11.9. The van der Waals surface area contributed by atoms with Crippen molar-refractivity contribution in [3.63, 3.8) is 0 Å². The van der Waals surface area contributed by atoms with Crippen LogP contribution in [0.15, 0.2) is 53.4 Å². The van der Waals surface area contributed by atoms with E-state index in [-0.39, 0.29) is 11.8 Å². The van der Waals surface area contributed by atoms with Crippen LogP contribution in [0, 0.1) is 0 Å². The minimum absolute atomic E-state index is 0.0922. The van der Waals surface area contributed by atoms with Crippen LogP contribution in [0.4, 0.5) is 0 Å². The third-order valence-electron chi connectivity index (χ3n) is 5.60. The van der Waals surface area contributed by atoms with Crippen LogP contribution >= 0.6 is 0 Å². The lowest BCUT2D eigenvalue weighted by Gasteiger charge is -2.16. The number of carbonyl (C=O) groups excluding carboxylic acids is 1. The Morgan fingerprint density at radius 3 is 3.00 bits per heavy atom. The van der Waals surface area contributed by atoms with E-state index < -0.39 is 0 Å². The van der Waals surface area contributed by atoms with Crippen molar-refractivity contribution >= 4 is 16.9 Å². The van der Waals surface area contributed by atoms with Crippen molar-refractivity contribution in [3.05, 3.63) is 54.8 Å². The van der Waals surface area contributed by atoms with E-state index in [1.807, 2.05) is 63.7 Å². The number of hydrogen-bond donors (Lipinski definition) is 0. The number of fused-ring (bicyclic) bond motifs is 1. The molecular weight excluding hydrogens is 368 g/mol. The Hall–Kier alpha value is -3.42. The second-order valence-corrected chi connectivity index (χ2v) is 7.46. The third-order valence-corrected chi connectivity index (χ3v) is 5.60. The van der Waals surface area contributed by atoms with Crippen LogP contribution in [0.3, 0.4) is 0 Å². The van der Waals surface area contributed by atoms with E-state index in [9.17, 15) is 4.79 Å². The second-order valence-electron chi connectivity index (χ2n) is 7.46. The quantitative estimate of drug-likeness (QED) is 0.523. The third kappa shape index (κ3) is 3.30. The monoisotopic (exact) mass is 390 g/mol. The zero-order valence-electron chi connectivity index (χ0n) is 16.2. The lowest BCUT2D eigenvalue weighted by atomic mass is 10.1. The minimum atomic E-state index is 0.0922. The number of nitrogens with zero attached hydrogens (tertiary/aromatic N) is 6. The summed E-state index contributed by atoms with van der Waals surface area (Å²) in [5, 5.41) is 4.11. The Kier molecular flexibility index (Phi) is 4.38. The molecule has 8 nitrogen and oxygen atoms in total. The highest BCUT2D eigenvalue weighted by molar-refractivity contribution is 5.78. The van der Waals surface area contributed by atoms with Crippen molar-refractivity contribution in [2.75, 3.05) is 13.1 Å². The van der Waals surface area contributed by atoms with E-state index in [1.165, 1.54) is 0 Å². The highest BCUT2D eigenvalue weighted by atomic mass is 16.5. The molecule has 5 rings (SSSR count). The van der Waals surface area contributed by atoms with Crippen molar-refractivity contribution in [1.82, 2.24) is 29.2 Å². The Morgan fingerprint density at radius 1 is 1.24 bits per heavy atom. The molecule has 0 bridgehead atoms. The summed E-state index contributed by atoms with van der Waals surface area (Å²) >= 11 is 0. The van der Waals surface area contributed by atoms with Crippen LogP contribution in [-0.4, -0.2) is 48.2 Å². The van der Waals surface area contributed by atoms with Gasteiger partial charge in [-0.15, -0.1) is 0 Å². The SMILES string of the molecule is Cn1cccc1-c1noc(C2CCN(C(=O)CCn3cnc4ccccc43)C2)n1. The van der Waals surface area contributed by atoms with Gasteiger partial charge in [-0.25, -0.2) is 4.98 Å². The van der Waals surface area contributed by atoms with Gasteiger partial charge in [0, 0.05) is 39.3 Å². The Labute approximate surface area is 167 Å². The van der Waals surface area contributed by atoms with Crippen LogP contribution in [0.1, 0.15) is 24.7 Å². The molecule has 0 radical (unpaired) electrons. The van der Waals surface area contributed by atoms with Crippen LogP contribution in [-0.2, 0) is 18.4 Å². The second kappa shape index (κ2) is 7.20. The fourth-order valence-corrected chi connectivity index (χ4v) is 3.95. The average molecular weight is 390 g/mol. The Bertz CT molecular complexity index is 1160. The Morgan fingerprint density at radius 2 is 2.14 bits per heavy atom. The lowest BCUT2D eigenvalue weighted by Crippen LogP contribution is -2.29. The summed E-state index contributed by atoms with van der Waals surface area (Å²) in [5.41, 5.74) is 2.92. The van der Waals surface area contributed by atoms with Crippen molar-refractivity contribution in [2.45, 2.75) is 25.3 Å². The molecule has 29 heavy (non-hydrogen) atoms. The van der Waals surface area contributed by atoms with Gasteiger partial charge >= 0.3 is 0 Å². The van der Waals surface area contributed by atoms with Crippen molar-refractivity contribution in [1.29, 1.82) is 0 Å². The maximum absolute atomic E-state index is 12.7. The van der Waals surface area contributed by atoms with E-state index in [0.717, 1.165) is 29.7 Å². The molecule has 0 spiro atoms. The minimum Gasteiger partial charge on any atom is -0.348 e. The molecule has 1 aliphatic heterocycles. The van der Waals surface area contributed by atoms with Crippen LogP contribution in [0.25, 0.3) is 22.6 Å². The molecule has 3 aromatic heterocycles. The number of benzene rings is 1. The first-order chi connectivity index (χ1) is 14.2. The fraction of sp³-hybridized carbons (Fsp3) is 0.333. The van der Waals surface area contributed by atoms with Crippen molar-refractivity contribution < 1.29 is 9.32 Å². The number of carbonyl (C=O) groups is 1. The van der Waals surface area contributed by atoms with Crippen LogP contribution in [0.5, 0.6) is 0 Å². The summed E-state index contributed by atoms with van der Waals surface area (Å²) in [4.78, 5) is 23.6. The van der Waals surface area contributed by atoms with Gasteiger partial charge < -0.3 is 18.6 Å². The predicted octanol–water partition coefficient (Wildman–Crippen LogP) is 2.83. The molecule has 0 saturated carbocycles. The normalized spacial score (nSPS) is 16.7. The molecule has 1 saturated heterocycles. The standard InChI is InChI=1S/C21H22N6O2/c1-25-10-4-7-18(25)20-23-21(29-24-20)15-8-11-26(13-15)19(28)9-12-27-14-22-16-5-2-3-6-17(16)27/h2-7,10,14-15H,8-9,11-13H2,1H3. The predicted molar refractivity (Wildman–Crippen MR) is 107 cm³/mol. The number of imidazole rings is 1.